The maximum atomic E-state index is 13.6. The molecular weight excluding hydrogens is 493 g/mol. The molecular formula is C25H27ClFN3O4S. The number of carbonyl (C=O) groups is 1. The number of phenols is 1. The number of sulfonamides is 1. The maximum Gasteiger partial charge on any atom is 0.251 e. The smallest absolute Gasteiger partial charge is 0.251 e. The van der Waals surface area contributed by atoms with Crippen LogP contribution in [0.4, 0.5) is 10.1 Å². The van der Waals surface area contributed by atoms with E-state index in [4.69, 9.17) is 17.3 Å². The number of hydrogen-bond acceptors (Lipinski definition) is 5. The van der Waals surface area contributed by atoms with Gasteiger partial charge in [-0.15, -0.1) is 0 Å². The maximum absolute atomic E-state index is 13.6. The van der Waals surface area contributed by atoms with E-state index >= 15 is 0 Å². The molecule has 0 aliphatic rings. The highest BCUT2D eigenvalue weighted by molar-refractivity contribution is 7.89. The average molecular weight is 520 g/mol. The summed E-state index contributed by atoms with van der Waals surface area (Å²) in [5, 5.41) is 13.3. The van der Waals surface area contributed by atoms with Crippen molar-refractivity contribution in [3.63, 3.8) is 0 Å². The second-order valence-electron chi connectivity index (χ2n) is 8.54. The lowest BCUT2D eigenvalue weighted by Gasteiger charge is -2.23. The van der Waals surface area contributed by atoms with E-state index in [9.17, 15) is 22.7 Å². The van der Waals surface area contributed by atoms with Gasteiger partial charge in [-0.05, 0) is 53.4 Å². The minimum absolute atomic E-state index is 0.0531. The summed E-state index contributed by atoms with van der Waals surface area (Å²) in [5.41, 5.74) is 7.15. The Kier molecular flexibility index (Phi) is 8.37. The van der Waals surface area contributed by atoms with Crippen molar-refractivity contribution in [1.82, 2.24) is 9.62 Å². The number of benzene rings is 3. The summed E-state index contributed by atoms with van der Waals surface area (Å²) in [6.07, 6.45) is 0. The first kappa shape index (κ1) is 26.5. The fraction of sp³-hybridized carbons (Fsp3) is 0.240. The lowest BCUT2D eigenvalue weighted by atomic mass is 10.1. The zero-order valence-electron chi connectivity index (χ0n) is 19.3. The number of anilines is 1. The molecule has 0 aliphatic heterocycles. The standard InChI is InChI=1S/C25H27ClFN3O4S/c1-16(2)13-29-25(32)19-7-3-17(4-8-19)14-30(15-18-5-9-21(27)10-6-18)35(33,34)23-12-20(26)11-22(28)24(23)31/h3-12,16,31H,13-15,28H2,1-2H3,(H,29,32). The van der Waals surface area contributed by atoms with E-state index in [0.717, 1.165) is 10.4 Å². The van der Waals surface area contributed by atoms with Gasteiger partial charge in [0.05, 0.1) is 5.69 Å². The lowest BCUT2D eigenvalue weighted by Crippen LogP contribution is -2.30. The van der Waals surface area contributed by atoms with E-state index in [2.05, 4.69) is 5.32 Å². The van der Waals surface area contributed by atoms with Crippen molar-refractivity contribution in [2.45, 2.75) is 31.8 Å². The van der Waals surface area contributed by atoms with Crippen LogP contribution in [0.3, 0.4) is 0 Å². The number of nitrogens with zero attached hydrogens (tertiary/aromatic N) is 1. The van der Waals surface area contributed by atoms with E-state index in [0.29, 0.717) is 29.2 Å². The summed E-state index contributed by atoms with van der Waals surface area (Å²) < 4.78 is 41.7. The summed E-state index contributed by atoms with van der Waals surface area (Å²) in [4.78, 5) is 11.9. The molecule has 0 spiro atoms. The Morgan fingerprint density at radius 3 is 2.14 bits per heavy atom. The number of aromatic hydroxyl groups is 1. The van der Waals surface area contributed by atoms with E-state index < -0.39 is 26.5 Å². The second kappa shape index (κ2) is 11.1. The number of nitrogens with one attached hydrogen (secondary N) is 1. The van der Waals surface area contributed by atoms with Crippen molar-refractivity contribution in [1.29, 1.82) is 0 Å². The molecule has 0 unspecified atom stereocenters. The Hall–Kier alpha value is -3.14. The third kappa shape index (κ3) is 6.72. The molecule has 0 aromatic heterocycles. The van der Waals surface area contributed by atoms with Gasteiger partial charge in [-0.1, -0.05) is 49.7 Å². The van der Waals surface area contributed by atoms with Crippen molar-refractivity contribution in [2.75, 3.05) is 12.3 Å². The van der Waals surface area contributed by atoms with Crippen molar-refractivity contribution in [2.24, 2.45) is 5.92 Å². The topological polar surface area (TPSA) is 113 Å². The Morgan fingerprint density at radius 1 is 1.06 bits per heavy atom. The first-order chi connectivity index (χ1) is 16.5. The van der Waals surface area contributed by atoms with E-state index in [1.165, 1.54) is 30.3 Å². The first-order valence-corrected chi connectivity index (χ1v) is 12.7. The van der Waals surface area contributed by atoms with Gasteiger partial charge in [0.15, 0.2) is 5.75 Å². The second-order valence-corrected chi connectivity index (χ2v) is 10.9. The van der Waals surface area contributed by atoms with E-state index in [1.807, 2.05) is 13.8 Å². The third-order valence-corrected chi connectivity index (χ3v) is 7.23. The fourth-order valence-electron chi connectivity index (χ4n) is 3.31. The predicted molar refractivity (Wildman–Crippen MR) is 134 cm³/mol. The van der Waals surface area contributed by atoms with Gasteiger partial charge in [0, 0.05) is 30.2 Å². The number of hydrogen-bond donors (Lipinski definition) is 3. The molecule has 3 aromatic carbocycles. The van der Waals surface area contributed by atoms with Crippen LogP contribution in [0.25, 0.3) is 0 Å². The normalized spacial score (nSPS) is 11.7. The highest BCUT2D eigenvalue weighted by Gasteiger charge is 2.29. The highest BCUT2D eigenvalue weighted by Crippen LogP contribution is 2.35. The van der Waals surface area contributed by atoms with Crippen LogP contribution in [0.1, 0.15) is 35.3 Å². The van der Waals surface area contributed by atoms with Crippen LogP contribution < -0.4 is 11.1 Å². The van der Waals surface area contributed by atoms with Gasteiger partial charge in [-0.3, -0.25) is 4.79 Å². The lowest BCUT2D eigenvalue weighted by molar-refractivity contribution is 0.0949. The minimum atomic E-state index is -4.28. The molecule has 4 N–H and O–H groups in total. The molecule has 0 bridgehead atoms. The summed E-state index contributed by atoms with van der Waals surface area (Å²) in [6, 6.07) is 14.3. The summed E-state index contributed by atoms with van der Waals surface area (Å²) in [5.74, 6) is -0.966. The Balaban J connectivity index is 1.94. The average Bonchev–Trinajstić information content (AvgIpc) is 2.81. The molecule has 10 heteroatoms. The number of rotatable bonds is 9. The predicted octanol–water partition coefficient (Wildman–Crippen LogP) is 4.54. The Morgan fingerprint density at radius 2 is 1.60 bits per heavy atom. The quantitative estimate of drug-likeness (QED) is 0.284. The highest BCUT2D eigenvalue weighted by atomic mass is 35.5. The van der Waals surface area contributed by atoms with Gasteiger partial charge in [-0.25, -0.2) is 12.8 Å². The molecule has 0 saturated carbocycles. The van der Waals surface area contributed by atoms with Gasteiger partial charge >= 0.3 is 0 Å². The van der Waals surface area contributed by atoms with Crippen molar-refractivity contribution >= 4 is 33.2 Å². The molecule has 35 heavy (non-hydrogen) atoms. The van der Waals surface area contributed by atoms with Gasteiger partial charge in [0.25, 0.3) is 5.91 Å². The van der Waals surface area contributed by atoms with Crippen molar-refractivity contribution in [3.05, 3.63) is 88.2 Å². The molecule has 0 atom stereocenters. The number of nitrogens with two attached hydrogens (primary N) is 1. The fourth-order valence-corrected chi connectivity index (χ4v) is 5.16. The van der Waals surface area contributed by atoms with Gasteiger partial charge in [0.2, 0.25) is 10.0 Å². The number of amides is 1. The zero-order chi connectivity index (χ0) is 25.8. The number of carbonyl (C=O) groups excluding carboxylic acids is 1. The number of halogens is 2. The molecule has 0 fully saturated rings. The van der Waals surface area contributed by atoms with Crippen LogP contribution >= 0.6 is 11.6 Å². The molecule has 7 nitrogen and oxygen atoms in total. The third-order valence-electron chi connectivity index (χ3n) is 5.21. The van der Waals surface area contributed by atoms with Crippen molar-refractivity contribution in [3.8, 4) is 5.75 Å². The van der Waals surface area contributed by atoms with Crippen LogP contribution in [0.2, 0.25) is 5.02 Å². The first-order valence-electron chi connectivity index (χ1n) is 10.9. The van der Waals surface area contributed by atoms with Crippen LogP contribution in [-0.2, 0) is 23.1 Å². The van der Waals surface area contributed by atoms with Crippen LogP contribution in [0.15, 0.2) is 65.6 Å². The van der Waals surface area contributed by atoms with Crippen molar-refractivity contribution < 1.29 is 22.7 Å². The van der Waals surface area contributed by atoms with E-state index in [-0.39, 0.29) is 29.7 Å². The number of phenolic OH excluding ortho intramolecular Hbond substituents is 1. The largest absolute Gasteiger partial charge is 0.504 e. The van der Waals surface area contributed by atoms with Gasteiger partial charge in [-0.2, -0.15) is 4.31 Å². The molecule has 0 radical (unpaired) electrons. The molecule has 0 saturated heterocycles. The van der Waals surface area contributed by atoms with Crippen LogP contribution in [-0.4, -0.2) is 30.3 Å². The zero-order valence-corrected chi connectivity index (χ0v) is 20.9. The molecule has 0 heterocycles. The van der Waals surface area contributed by atoms with Gasteiger partial charge in [0.1, 0.15) is 10.7 Å². The summed E-state index contributed by atoms with van der Waals surface area (Å²) >= 11 is 6.01. The Bertz CT molecular complexity index is 1300. The van der Waals surface area contributed by atoms with Crippen LogP contribution in [0.5, 0.6) is 5.75 Å². The Labute approximate surface area is 209 Å². The molecule has 0 aliphatic carbocycles. The SMILES string of the molecule is CC(C)CNC(=O)c1ccc(CN(Cc2ccc(F)cc2)S(=O)(=O)c2cc(Cl)cc(N)c2O)cc1. The molecule has 3 rings (SSSR count). The summed E-state index contributed by atoms with van der Waals surface area (Å²) in [6.45, 7) is 4.33. The van der Waals surface area contributed by atoms with Crippen LogP contribution in [0, 0.1) is 11.7 Å². The van der Waals surface area contributed by atoms with E-state index in [1.54, 1.807) is 24.3 Å². The number of nitrogen functional groups attached to an aromatic ring is 1. The van der Waals surface area contributed by atoms with Gasteiger partial charge < -0.3 is 16.2 Å². The molecule has 3 aromatic rings. The summed E-state index contributed by atoms with van der Waals surface area (Å²) in [7, 11) is -4.28. The molecule has 186 valence electrons. The molecule has 1 amide bonds. The monoisotopic (exact) mass is 519 g/mol. The minimum Gasteiger partial charge on any atom is -0.504 e.